The molecule has 1 saturated heterocycles. The number of nitrogens with zero attached hydrogens (tertiary/aromatic N) is 4. The average Bonchev–Trinajstić information content (AvgIpc) is 3.64. The molecule has 6 rings (SSSR count). The summed E-state index contributed by atoms with van der Waals surface area (Å²) in [6, 6.07) is 17.0. The van der Waals surface area contributed by atoms with E-state index in [-0.39, 0.29) is 23.0 Å². The molecule has 3 N–H and O–H groups in total. The van der Waals surface area contributed by atoms with Crippen molar-refractivity contribution in [3.63, 3.8) is 0 Å². The summed E-state index contributed by atoms with van der Waals surface area (Å²) in [5, 5.41) is 7.78. The van der Waals surface area contributed by atoms with Gasteiger partial charge in [-0.2, -0.15) is 5.10 Å². The number of hydrogen-bond acceptors (Lipinski definition) is 5. The van der Waals surface area contributed by atoms with Crippen molar-refractivity contribution >= 4 is 28.7 Å². The molecule has 1 atom stereocenters. The number of allylic oxidation sites excluding steroid dienone is 2. The molecule has 2 aromatic carbocycles. The van der Waals surface area contributed by atoms with Gasteiger partial charge in [-0.05, 0) is 85.9 Å². The fourth-order valence-corrected chi connectivity index (χ4v) is 6.31. The first-order chi connectivity index (χ1) is 21.1. The summed E-state index contributed by atoms with van der Waals surface area (Å²) in [4.78, 5) is 31.5. The molecule has 2 amide bonds. The second-order valence-electron chi connectivity index (χ2n) is 12.6. The van der Waals surface area contributed by atoms with Crippen LogP contribution in [0.1, 0.15) is 79.7 Å². The van der Waals surface area contributed by atoms with Crippen molar-refractivity contribution in [2.75, 3.05) is 24.5 Å². The topological polar surface area (TPSA) is 106 Å². The highest BCUT2D eigenvalue weighted by Gasteiger charge is 2.35. The van der Waals surface area contributed by atoms with Crippen molar-refractivity contribution in [3.05, 3.63) is 89.0 Å². The third kappa shape index (κ3) is 6.09. The van der Waals surface area contributed by atoms with Gasteiger partial charge in [-0.1, -0.05) is 37.3 Å². The fraction of sp³-hybridized carbons (Fsp3) is 0.371. The van der Waals surface area contributed by atoms with Gasteiger partial charge in [-0.25, -0.2) is 13.9 Å². The van der Waals surface area contributed by atoms with E-state index in [4.69, 9.17) is 10.8 Å². The Bertz CT molecular complexity index is 1770. The summed E-state index contributed by atoms with van der Waals surface area (Å²) in [6.45, 7) is 8.02. The van der Waals surface area contributed by atoms with Crippen LogP contribution in [0.25, 0.3) is 22.5 Å². The van der Waals surface area contributed by atoms with E-state index in [2.05, 4.69) is 40.3 Å². The molecule has 9 heteroatoms. The number of carbonyl (C=O) groups is 2. The Balaban J connectivity index is 1.21. The van der Waals surface area contributed by atoms with E-state index in [1.165, 1.54) is 22.8 Å². The molecule has 0 bridgehead atoms. The van der Waals surface area contributed by atoms with Crippen molar-refractivity contribution in [3.8, 4) is 11.3 Å². The normalized spacial score (nSPS) is 18.6. The number of halogens is 1. The van der Waals surface area contributed by atoms with Crippen molar-refractivity contribution in [1.29, 1.82) is 0 Å². The van der Waals surface area contributed by atoms with Crippen LogP contribution in [0, 0.1) is 11.2 Å². The van der Waals surface area contributed by atoms with Gasteiger partial charge < -0.3 is 16.0 Å². The zero-order chi connectivity index (χ0) is 31.0. The van der Waals surface area contributed by atoms with Gasteiger partial charge in [0.05, 0.1) is 5.69 Å². The van der Waals surface area contributed by atoms with Crippen LogP contribution in [-0.4, -0.2) is 46.0 Å². The number of carbonyl (C=O) groups excluding carboxylic acids is 2. The molecule has 0 radical (unpaired) electrons. The number of nitrogens with two attached hydrogens (primary N) is 1. The highest BCUT2D eigenvalue weighted by Crippen LogP contribution is 2.41. The number of fused-ring (bicyclic) bond motifs is 1. The van der Waals surface area contributed by atoms with Crippen LogP contribution in [0.2, 0.25) is 0 Å². The van der Waals surface area contributed by atoms with Crippen molar-refractivity contribution in [2.45, 2.75) is 58.8 Å². The Morgan fingerprint density at radius 1 is 1.16 bits per heavy atom. The van der Waals surface area contributed by atoms with Gasteiger partial charge in [-0.15, -0.1) is 0 Å². The molecule has 0 unspecified atom stereocenters. The van der Waals surface area contributed by atoms with E-state index < -0.39 is 0 Å². The molecule has 0 spiro atoms. The number of amides is 2. The van der Waals surface area contributed by atoms with Crippen molar-refractivity contribution in [2.24, 2.45) is 11.1 Å². The van der Waals surface area contributed by atoms with Crippen LogP contribution in [0.5, 0.6) is 0 Å². The molecular formula is C35H39FN6O2. The second kappa shape index (κ2) is 11.9. The standard InChI is InChI=1S/C35H39FN6O2/c1-4-22(2)26-8-6-5-7-23(26)13-15-38-34(44)30-18-31(24-9-10-24)42-33(39-30)19-29(40-42)27-12-11-25(17-28(27)36)41-16-14-35(3,21-41)20-32(37)43/h4-8,11-12,17-19,24H,9-10,13-16,20-21H2,1-3H3,(H2,37,43)(H,38,44)/b22-4-/t35-/m0/s1. The van der Waals surface area contributed by atoms with E-state index in [0.717, 1.165) is 37.2 Å². The zero-order valence-electron chi connectivity index (χ0n) is 25.6. The molecular weight excluding hydrogens is 555 g/mol. The summed E-state index contributed by atoms with van der Waals surface area (Å²) in [5.74, 6) is -0.633. The minimum atomic E-state index is -0.381. The molecule has 2 aliphatic rings. The van der Waals surface area contributed by atoms with Crippen molar-refractivity contribution in [1.82, 2.24) is 19.9 Å². The lowest BCUT2D eigenvalue weighted by molar-refractivity contribution is -0.119. The van der Waals surface area contributed by atoms with E-state index in [1.807, 2.05) is 38.1 Å². The van der Waals surface area contributed by atoms with Gasteiger partial charge in [0.15, 0.2) is 5.65 Å². The Morgan fingerprint density at radius 2 is 1.95 bits per heavy atom. The number of primary amides is 1. The first kappa shape index (κ1) is 29.5. The molecule has 2 aromatic heterocycles. The first-order valence-corrected chi connectivity index (χ1v) is 15.4. The summed E-state index contributed by atoms with van der Waals surface area (Å²) in [7, 11) is 0. The molecule has 4 aromatic rings. The number of nitrogens with one attached hydrogen (secondary N) is 1. The van der Waals surface area contributed by atoms with E-state index in [0.29, 0.717) is 54.4 Å². The monoisotopic (exact) mass is 594 g/mol. The van der Waals surface area contributed by atoms with E-state index in [9.17, 15) is 9.59 Å². The minimum absolute atomic E-state index is 0.215. The van der Waals surface area contributed by atoms with Crippen molar-refractivity contribution < 1.29 is 14.0 Å². The summed E-state index contributed by atoms with van der Waals surface area (Å²) < 4.78 is 17.3. The second-order valence-corrected chi connectivity index (χ2v) is 12.6. The lowest BCUT2D eigenvalue weighted by atomic mass is 9.86. The minimum Gasteiger partial charge on any atom is -0.371 e. The highest BCUT2D eigenvalue weighted by molar-refractivity contribution is 5.93. The number of aromatic nitrogens is 3. The smallest absolute Gasteiger partial charge is 0.270 e. The van der Waals surface area contributed by atoms with Gasteiger partial charge >= 0.3 is 0 Å². The Labute approximate surface area is 257 Å². The molecule has 1 saturated carbocycles. The van der Waals surface area contributed by atoms with Crippen LogP contribution in [0.3, 0.4) is 0 Å². The quantitative estimate of drug-likeness (QED) is 0.238. The van der Waals surface area contributed by atoms with E-state index >= 15 is 4.39 Å². The van der Waals surface area contributed by atoms with E-state index in [1.54, 1.807) is 16.6 Å². The summed E-state index contributed by atoms with van der Waals surface area (Å²) in [6.07, 6.45) is 5.96. The third-order valence-electron chi connectivity index (χ3n) is 8.99. The predicted octanol–water partition coefficient (Wildman–Crippen LogP) is 5.90. The zero-order valence-corrected chi connectivity index (χ0v) is 25.6. The van der Waals surface area contributed by atoms with Gasteiger partial charge in [0.25, 0.3) is 5.91 Å². The molecule has 44 heavy (non-hydrogen) atoms. The molecule has 1 aliphatic heterocycles. The lowest BCUT2D eigenvalue weighted by Gasteiger charge is -2.24. The maximum absolute atomic E-state index is 15.5. The molecule has 1 aliphatic carbocycles. The predicted molar refractivity (Wildman–Crippen MR) is 171 cm³/mol. The van der Waals surface area contributed by atoms with Crippen LogP contribution in [0.15, 0.2) is 60.7 Å². The Hall–Kier alpha value is -4.53. The number of benzene rings is 2. The van der Waals surface area contributed by atoms with Crippen LogP contribution >= 0.6 is 0 Å². The third-order valence-corrected chi connectivity index (χ3v) is 8.99. The van der Waals surface area contributed by atoms with Crippen LogP contribution < -0.4 is 16.0 Å². The summed E-state index contributed by atoms with van der Waals surface area (Å²) in [5.41, 5.74) is 12.2. The maximum atomic E-state index is 15.5. The van der Waals surface area contributed by atoms with Gasteiger partial charge in [-0.3, -0.25) is 9.59 Å². The first-order valence-electron chi connectivity index (χ1n) is 15.4. The maximum Gasteiger partial charge on any atom is 0.270 e. The fourth-order valence-electron chi connectivity index (χ4n) is 6.31. The van der Waals surface area contributed by atoms with Gasteiger partial charge in [0.1, 0.15) is 11.5 Å². The Morgan fingerprint density at radius 3 is 2.68 bits per heavy atom. The average molecular weight is 595 g/mol. The molecule has 2 fully saturated rings. The van der Waals surface area contributed by atoms with Gasteiger partial charge in [0, 0.05) is 55.0 Å². The number of anilines is 1. The van der Waals surface area contributed by atoms with Crippen LogP contribution in [-0.2, 0) is 11.2 Å². The molecule has 8 nitrogen and oxygen atoms in total. The van der Waals surface area contributed by atoms with Crippen LogP contribution in [0.4, 0.5) is 10.1 Å². The SMILES string of the molecule is C/C=C(/C)c1ccccc1CCNC(=O)c1cc(C2CC2)n2nc(-c3ccc(N4CC[C@@](C)(CC(N)=O)C4)cc3F)cc2n1. The largest absolute Gasteiger partial charge is 0.371 e. The number of rotatable bonds is 10. The Kier molecular flexibility index (Phi) is 7.97. The van der Waals surface area contributed by atoms with Gasteiger partial charge in [0.2, 0.25) is 5.91 Å². The summed E-state index contributed by atoms with van der Waals surface area (Å²) >= 11 is 0. The molecule has 3 heterocycles. The lowest BCUT2D eigenvalue weighted by Crippen LogP contribution is -2.29. The molecule has 228 valence electrons. The number of hydrogen-bond donors (Lipinski definition) is 2. The highest BCUT2D eigenvalue weighted by atomic mass is 19.1.